The van der Waals surface area contributed by atoms with Crippen molar-refractivity contribution in [2.75, 3.05) is 19.6 Å². The largest absolute Gasteiger partial charge is 0.356 e. The first-order valence-electron chi connectivity index (χ1n) is 6.29. The predicted octanol–water partition coefficient (Wildman–Crippen LogP) is 0.394. The topological polar surface area (TPSA) is 84.2 Å². The van der Waals surface area contributed by atoms with Crippen molar-refractivity contribution >= 4 is 11.8 Å². The Morgan fingerprint density at radius 2 is 1.71 bits per heavy atom. The SMILES string of the molecule is CC(C)CNC(=O)CCNC(=O)CCCCN. The van der Waals surface area contributed by atoms with E-state index in [1.54, 1.807) is 0 Å². The van der Waals surface area contributed by atoms with Gasteiger partial charge in [-0.05, 0) is 25.3 Å². The van der Waals surface area contributed by atoms with Crippen LogP contribution in [0.4, 0.5) is 0 Å². The summed E-state index contributed by atoms with van der Waals surface area (Å²) in [6.45, 7) is 5.79. The van der Waals surface area contributed by atoms with Gasteiger partial charge in [0.25, 0.3) is 0 Å². The highest BCUT2D eigenvalue weighted by Gasteiger charge is 2.04. The number of nitrogens with two attached hydrogens (primary N) is 1. The molecule has 0 saturated heterocycles. The first-order chi connectivity index (χ1) is 8.06. The van der Waals surface area contributed by atoms with Crippen LogP contribution in [0.1, 0.15) is 39.5 Å². The summed E-state index contributed by atoms with van der Waals surface area (Å²) in [7, 11) is 0. The zero-order valence-corrected chi connectivity index (χ0v) is 10.9. The van der Waals surface area contributed by atoms with E-state index >= 15 is 0 Å². The molecule has 100 valence electrons. The van der Waals surface area contributed by atoms with Gasteiger partial charge in [0.2, 0.25) is 11.8 Å². The van der Waals surface area contributed by atoms with E-state index in [1.807, 2.05) is 13.8 Å². The lowest BCUT2D eigenvalue weighted by molar-refractivity contribution is -0.122. The lowest BCUT2D eigenvalue weighted by atomic mass is 10.2. The molecule has 0 saturated carbocycles. The number of carbonyl (C=O) groups is 2. The summed E-state index contributed by atoms with van der Waals surface area (Å²) in [4.78, 5) is 22.6. The van der Waals surface area contributed by atoms with E-state index in [2.05, 4.69) is 10.6 Å². The molecule has 5 nitrogen and oxygen atoms in total. The second-order valence-corrected chi connectivity index (χ2v) is 4.54. The third-order valence-corrected chi connectivity index (χ3v) is 2.24. The van der Waals surface area contributed by atoms with Crippen molar-refractivity contribution in [3.05, 3.63) is 0 Å². The zero-order valence-electron chi connectivity index (χ0n) is 10.9. The smallest absolute Gasteiger partial charge is 0.221 e. The minimum absolute atomic E-state index is 0.00453. The number of hydrogen-bond donors (Lipinski definition) is 3. The van der Waals surface area contributed by atoms with Crippen LogP contribution in [0.15, 0.2) is 0 Å². The highest BCUT2D eigenvalue weighted by molar-refractivity contribution is 5.78. The summed E-state index contributed by atoms with van der Waals surface area (Å²) in [5, 5.41) is 5.52. The average Bonchev–Trinajstić information content (AvgIpc) is 2.27. The second-order valence-electron chi connectivity index (χ2n) is 4.54. The number of nitrogens with one attached hydrogen (secondary N) is 2. The first-order valence-corrected chi connectivity index (χ1v) is 6.29. The van der Waals surface area contributed by atoms with E-state index < -0.39 is 0 Å². The molecule has 0 rings (SSSR count). The Labute approximate surface area is 104 Å². The quantitative estimate of drug-likeness (QED) is 0.512. The number of rotatable bonds is 9. The maximum absolute atomic E-state index is 11.3. The standard InChI is InChI=1S/C12H25N3O2/c1-10(2)9-15-12(17)6-8-14-11(16)5-3-4-7-13/h10H,3-9,13H2,1-2H3,(H,14,16)(H,15,17). The summed E-state index contributed by atoms with van der Waals surface area (Å²) >= 11 is 0. The second kappa shape index (κ2) is 10.1. The highest BCUT2D eigenvalue weighted by Crippen LogP contribution is 1.93. The number of carbonyl (C=O) groups excluding carboxylic acids is 2. The molecule has 0 spiro atoms. The van der Waals surface area contributed by atoms with E-state index in [1.165, 1.54) is 0 Å². The van der Waals surface area contributed by atoms with Gasteiger partial charge in [-0.2, -0.15) is 0 Å². The van der Waals surface area contributed by atoms with Crippen molar-refractivity contribution in [1.29, 1.82) is 0 Å². The van der Waals surface area contributed by atoms with Gasteiger partial charge in [0.05, 0.1) is 0 Å². The van der Waals surface area contributed by atoms with Crippen LogP contribution in [-0.4, -0.2) is 31.4 Å². The van der Waals surface area contributed by atoms with Crippen molar-refractivity contribution in [3.63, 3.8) is 0 Å². The van der Waals surface area contributed by atoms with Gasteiger partial charge in [0, 0.05) is 25.9 Å². The van der Waals surface area contributed by atoms with Crippen LogP contribution in [0.5, 0.6) is 0 Å². The summed E-state index contributed by atoms with van der Waals surface area (Å²) < 4.78 is 0. The molecule has 17 heavy (non-hydrogen) atoms. The molecule has 2 amide bonds. The van der Waals surface area contributed by atoms with Crippen LogP contribution in [0, 0.1) is 5.92 Å². The van der Waals surface area contributed by atoms with E-state index in [-0.39, 0.29) is 11.8 Å². The molecule has 0 bridgehead atoms. The van der Waals surface area contributed by atoms with Gasteiger partial charge in [0.1, 0.15) is 0 Å². The Hall–Kier alpha value is -1.10. The third-order valence-electron chi connectivity index (χ3n) is 2.24. The number of hydrogen-bond acceptors (Lipinski definition) is 3. The van der Waals surface area contributed by atoms with E-state index in [0.717, 1.165) is 12.8 Å². The Bertz CT molecular complexity index is 230. The highest BCUT2D eigenvalue weighted by atomic mass is 16.2. The van der Waals surface area contributed by atoms with Gasteiger partial charge in [-0.25, -0.2) is 0 Å². The molecule has 0 heterocycles. The molecule has 0 atom stereocenters. The van der Waals surface area contributed by atoms with Crippen LogP contribution in [-0.2, 0) is 9.59 Å². The fourth-order valence-corrected chi connectivity index (χ4v) is 1.24. The fourth-order valence-electron chi connectivity index (χ4n) is 1.24. The lowest BCUT2D eigenvalue weighted by Crippen LogP contribution is -2.32. The molecule has 0 aromatic heterocycles. The predicted molar refractivity (Wildman–Crippen MR) is 68.4 cm³/mol. The van der Waals surface area contributed by atoms with Gasteiger partial charge < -0.3 is 16.4 Å². The first kappa shape index (κ1) is 15.9. The van der Waals surface area contributed by atoms with E-state index in [9.17, 15) is 9.59 Å². The fraction of sp³-hybridized carbons (Fsp3) is 0.833. The molecule has 0 aromatic rings. The molecular weight excluding hydrogens is 218 g/mol. The molecule has 0 aliphatic carbocycles. The average molecular weight is 243 g/mol. The van der Waals surface area contributed by atoms with Gasteiger partial charge in [0.15, 0.2) is 0 Å². The van der Waals surface area contributed by atoms with Gasteiger partial charge in [-0.15, -0.1) is 0 Å². The van der Waals surface area contributed by atoms with Crippen molar-refractivity contribution in [2.45, 2.75) is 39.5 Å². The molecule has 0 aliphatic heterocycles. The molecule has 0 aliphatic rings. The molecule has 0 aromatic carbocycles. The maximum Gasteiger partial charge on any atom is 0.221 e. The van der Waals surface area contributed by atoms with Crippen molar-refractivity contribution < 1.29 is 9.59 Å². The summed E-state index contributed by atoms with van der Waals surface area (Å²) in [6.07, 6.45) is 2.50. The van der Waals surface area contributed by atoms with Crippen molar-refractivity contribution in [3.8, 4) is 0 Å². The third kappa shape index (κ3) is 11.2. The Morgan fingerprint density at radius 1 is 1.06 bits per heavy atom. The lowest BCUT2D eigenvalue weighted by Gasteiger charge is -2.08. The van der Waals surface area contributed by atoms with Gasteiger partial charge in [-0.3, -0.25) is 9.59 Å². The van der Waals surface area contributed by atoms with E-state index in [0.29, 0.717) is 38.4 Å². The Balaban J connectivity index is 3.42. The van der Waals surface area contributed by atoms with Crippen LogP contribution in [0.2, 0.25) is 0 Å². The van der Waals surface area contributed by atoms with Crippen LogP contribution in [0.3, 0.4) is 0 Å². The molecule has 4 N–H and O–H groups in total. The minimum Gasteiger partial charge on any atom is -0.356 e. The molecular formula is C12H25N3O2. The summed E-state index contributed by atoms with van der Waals surface area (Å²) in [5.74, 6) is 0.431. The normalized spacial score (nSPS) is 10.4. The monoisotopic (exact) mass is 243 g/mol. The van der Waals surface area contributed by atoms with Crippen LogP contribution >= 0.6 is 0 Å². The van der Waals surface area contributed by atoms with Gasteiger partial charge in [-0.1, -0.05) is 13.8 Å². The summed E-state index contributed by atoms with van der Waals surface area (Å²) in [5.41, 5.74) is 5.33. The number of unbranched alkanes of at least 4 members (excludes halogenated alkanes) is 1. The summed E-state index contributed by atoms with van der Waals surface area (Å²) in [6, 6.07) is 0. The molecule has 0 unspecified atom stereocenters. The zero-order chi connectivity index (χ0) is 13.1. The maximum atomic E-state index is 11.3. The minimum atomic E-state index is -0.0130. The molecule has 5 heteroatoms. The van der Waals surface area contributed by atoms with Crippen molar-refractivity contribution in [2.24, 2.45) is 11.7 Å². The van der Waals surface area contributed by atoms with Gasteiger partial charge >= 0.3 is 0 Å². The molecule has 0 fully saturated rings. The van der Waals surface area contributed by atoms with Crippen molar-refractivity contribution in [1.82, 2.24) is 10.6 Å². The Kier molecular flexibility index (Phi) is 9.43. The molecule has 0 radical (unpaired) electrons. The number of amides is 2. The van der Waals surface area contributed by atoms with E-state index in [4.69, 9.17) is 5.73 Å². The van der Waals surface area contributed by atoms with Crippen LogP contribution < -0.4 is 16.4 Å². The van der Waals surface area contributed by atoms with Crippen LogP contribution in [0.25, 0.3) is 0 Å². The Morgan fingerprint density at radius 3 is 2.29 bits per heavy atom.